The van der Waals surface area contributed by atoms with Crippen LogP contribution in [-0.2, 0) is 16.6 Å². The number of ether oxygens (including phenoxy) is 3. The summed E-state index contributed by atoms with van der Waals surface area (Å²) in [5, 5.41) is 33.3. The van der Waals surface area contributed by atoms with Gasteiger partial charge in [-0.25, -0.2) is 4.57 Å². The lowest BCUT2D eigenvalue weighted by Crippen LogP contribution is -2.32. The van der Waals surface area contributed by atoms with Gasteiger partial charge < -0.3 is 19.3 Å². The van der Waals surface area contributed by atoms with Crippen LogP contribution in [0.15, 0.2) is 113 Å². The quantitative estimate of drug-likeness (QED) is 0.263. The summed E-state index contributed by atoms with van der Waals surface area (Å²) in [6.07, 6.45) is 6.65. The summed E-state index contributed by atoms with van der Waals surface area (Å²) in [7, 11) is 4.87. The van der Waals surface area contributed by atoms with E-state index < -0.39 is 11.5 Å². The Morgan fingerprint density at radius 3 is 2.07 bits per heavy atom. The van der Waals surface area contributed by atoms with Crippen LogP contribution in [0.1, 0.15) is 16.7 Å². The first-order valence-corrected chi connectivity index (χ1v) is 12.5. The second-order valence-corrected chi connectivity index (χ2v) is 9.14. The van der Waals surface area contributed by atoms with Gasteiger partial charge in [0.1, 0.15) is 30.7 Å². The number of ketones is 1. The second kappa shape index (κ2) is 11.1. The molecule has 0 bridgehead atoms. The summed E-state index contributed by atoms with van der Waals surface area (Å²) < 4.78 is 18.8. The number of nitrogens with zero attached hydrogens (tertiary/aromatic N) is 3. The molecule has 8 nitrogen and oxygen atoms in total. The van der Waals surface area contributed by atoms with Crippen molar-refractivity contribution in [2.24, 2.45) is 7.05 Å². The van der Waals surface area contributed by atoms with Gasteiger partial charge in [0.2, 0.25) is 0 Å². The normalized spacial score (nSPS) is 16.8. The number of carbonyl (C=O) groups is 1. The van der Waals surface area contributed by atoms with Crippen molar-refractivity contribution < 1.29 is 28.7 Å². The highest BCUT2D eigenvalue weighted by Gasteiger charge is 2.35. The smallest absolute Gasteiger partial charge is 0.194 e. The van der Waals surface area contributed by atoms with Crippen molar-refractivity contribution >= 4 is 22.9 Å². The molecule has 0 saturated heterocycles. The van der Waals surface area contributed by atoms with Gasteiger partial charge in [0, 0.05) is 45.5 Å². The van der Waals surface area contributed by atoms with E-state index >= 15 is 0 Å². The Balaban J connectivity index is 1.69. The Kier molecular flexibility index (Phi) is 7.23. The molecular formula is C33H23N3O5. The first kappa shape index (κ1) is 26.7. The molecule has 8 heteroatoms. The van der Waals surface area contributed by atoms with E-state index in [4.69, 9.17) is 14.2 Å². The molecule has 1 aliphatic heterocycles. The lowest BCUT2D eigenvalue weighted by Gasteiger charge is -2.32. The minimum absolute atomic E-state index is 0.0271. The van der Waals surface area contributed by atoms with Crippen LogP contribution >= 0.6 is 0 Å². The summed E-state index contributed by atoms with van der Waals surface area (Å²) >= 11 is 0. The maximum atomic E-state index is 13.4. The molecule has 0 N–H and O–H groups in total. The summed E-state index contributed by atoms with van der Waals surface area (Å²) in [6.45, 7) is 0. The number of methoxy groups -OCH3 is 2. The van der Waals surface area contributed by atoms with Crippen LogP contribution in [0.25, 0.3) is 17.1 Å². The third kappa shape index (κ3) is 4.87. The molecule has 0 amide bonds. The van der Waals surface area contributed by atoms with Crippen molar-refractivity contribution in [2.75, 3.05) is 14.2 Å². The standard InChI is InChI=1S/C33H23N3O5/c1-36-13-11-20(12-14-36)24(18-34)30-32(37)31(33(30)38)25(19-35)23-16-27(21-7-5-4-6-8-21)41-28(17-23)22-9-10-26(39-2)29(15-22)40-3/h4-17H,1-3H3. The first-order valence-electron chi connectivity index (χ1n) is 12.5. The molecular weight excluding hydrogens is 518 g/mol. The van der Waals surface area contributed by atoms with Crippen LogP contribution < -0.4 is 19.1 Å². The van der Waals surface area contributed by atoms with Crippen LogP contribution in [-0.4, -0.2) is 20.0 Å². The van der Waals surface area contributed by atoms with E-state index in [0.717, 1.165) is 5.56 Å². The van der Waals surface area contributed by atoms with E-state index in [1.54, 1.807) is 59.4 Å². The molecule has 1 aromatic heterocycles. The van der Waals surface area contributed by atoms with Crippen LogP contribution in [0.2, 0.25) is 0 Å². The van der Waals surface area contributed by atoms with Crippen molar-refractivity contribution in [3.8, 4) is 23.6 Å². The zero-order valence-electron chi connectivity index (χ0n) is 22.5. The highest BCUT2D eigenvalue weighted by atomic mass is 16.5. The van der Waals surface area contributed by atoms with Crippen LogP contribution in [0, 0.1) is 22.7 Å². The fourth-order valence-corrected chi connectivity index (χ4v) is 4.57. The van der Waals surface area contributed by atoms with E-state index in [-0.39, 0.29) is 22.3 Å². The van der Waals surface area contributed by atoms with Crippen molar-refractivity contribution in [3.63, 3.8) is 0 Å². The Labute approximate surface area is 236 Å². The molecule has 200 valence electrons. The van der Waals surface area contributed by atoms with Gasteiger partial charge in [0.15, 0.2) is 29.7 Å². The van der Waals surface area contributed by atoms with E-state index in [2.05, 4.69) is 0 Å². The number of aryl methyl sites for hydroxylation is 1. The first-order chi connectivity index (χ1) is 19.9. The molecule has 2 heterocycles. The van der Waals surface area contributed by atoms with Gasteiger partial charge in [-0.05, 0) is 30.4 Å². The third-order valence-corrected chi connectivity index (χ3v) is 6.71. The van der Waals surface area contributed by atoms with Crippen molar-refractivity contribution in [3.05, 3.63) is 130 Å². The summed E-state index contributed by atoms with van der Waals surface area (Å²) in [5.41, 5.74) is 1.50. The monoisotopic (exact) mass is 541 g/mol. The lowest BCUT2D eigenvalue weighted by atomic mass is 9.78. The number of pyridine rings is 1. The van der Waals surface area contributed by atoms with E-state index in [0.29, 0.717) is 39.7 Å². The molecule has 3 aromatic rings. The molecule has 0 atom stereocenters. The van der Waals surface area contributed by atoms with Gasteiger partial charge in [-0.1, -0.05) is 36.1 Å². The minimum atomic E-state index is -0.647. The fraction of sp³-hybridized carbons (Fsp3) is 0.0909. The van der Waals surface area contributed by atoms with Crippen LogP contribution in [0.3, 0.4) is 0 Å². The molecule has 0 spiro atoms. The Morgan fingerprint density at radius 1 is 0.854 bits per heavy atom. The zero-order valence-corrected chi connectivity index (χ0v) is 22.5. The predicted octanol–water partition coefficient (Wildman–Crippen LogP) is 3.94. The van der Waals surface area contributed by atoms with E-state index in [9.17, 15) is 20.4 Å². The van der Waals surface area contributed by atoms with Crippen LogP contribution in [0.5, 0.6) is 11.5 Å². The highest BCUT2D eigenvalue weighted by molar-refractivity contribution is 6.27. The molecule has 0 unspecified atom stereocenters. The summed E-state index contributed by atoms with van der Waals surface area (Å²) in [5.74, 6) is 0.507. The SMILES string of the molecule is COc1ccc(C2=CC(=C(C#N)C3=C([O-])C(=C(C#N)c4cc[n+](C)cc4)C3=O)C=C(c3ccccc3)O2)cc1OC. The number of nitriles is 2. The summed E-state index contributed by atoms with van der Waals surface area (Å²) in [6, 6.07) is 21.8. The number of carbonyl (C=O) groups excluding carboxylic acids is 1. The number of rotatable bonds is 6. The average Bonchev–Trinajstić information content (AvgIpc) is 3.02. The van der Waals surface area contributed by atoms with Crippen molar-refractivity contribution in [1.82, 2.24) is 0 Å². The second-order valence-electron chi connectivity index (χ2n) is 9.14. The van der Waals surface area contributed by atoms with Gasteiger partial charge in [-0.15, -0.1) is 0 Å². The molecule has 0 fully saturated rings. The Morgan fingerprint density at radius 2 is 1.49 bits per heavy atom. The molecule has 1 aliphatic carbocycles. The van der Waals surface area contributed by atoms with Crippen LogP contribution in [0.4, 0.5) is 0 Å². The topological polar surface area (TPSA) is 119 Å². The highest BCUT2D eigenvalue weighted by Crippen LogP contribution is 2.41. The number of hydrogen-bond acceptors (Lipinski definition) is 7. The Bertz CT molecular complexity index is 1810. The van der Waals surface area contributed by atoms with Gasteiger partial charge in [-0.2, -0.15) is 10.5 Å². The van der Waals surface area contributed by atoms with Gasteiger partial charge >= 0.3 is 0 Å². The molecule has 0 radical (unpaired) electrons. The largest absolute Gasteiger partial charge is 0.871 e. The van der Waals surface area contributed by atoms with Gasteiger partial charge in [-0.3, -0.25) is 4.79 Å². The maximum Gasteiger partial charge on any atom is 0.194 e. The number of benzene rings is 2. The zero-order chi connectivity index (χ0) is 29.1. The molecule has 2 aromatic carbocycles. The van der Waals surface area contributed by atoms with Crippen molar-refractivity contribution in [1.29, 1.82) is 10.5 Å². The minimum Gasteiger partial charge on any atom is -0.871 e. The number of Topliss-reactive ketones (excluding diaryl/α,β-unsaturated/α-hetero) is 1. The van der Waals surface area contributed by atoms with Gasteiger partial charge in [0.05, 0.1) is 25.4 Å². The third-order valence-electron chi connectivity index (χ3n) is 6.71. The number of hydrogen-bond donors (Lipinski definition) is 0. The molecule has 41 heavy (non-hydrogen) atoms. The molecule has 5 rings (SSSR count). The average molecular weight is 542 g/mol. The Hall–Kier alpha value is -5.86. The molecule has 0 saturated carbocycles. The number of allylic oxidation sites excluding steroid dienone is 7. The van der Waals surface area contributed by atoms with E-state index in [1.807, 2.05) is 49.5 Å². The van der Waals surface area contributed by atoms with Gasteiger partial charge in [0.25, 0.3) is 0 Å². The lowest BCUT2D eigenvalue weighted by molar-refractivity contribution is -0.671. The number of aromatic nitrogens is 1. The maximum absolute atomic E-state index is 13.4. The predicted molar refractivity (Wildman–Crippen MR) is 148 cm³/mol. The summed E-state index contributed by atoms with van der Waals surface area (Å²) in [4.78, 5) is 13.4. The van der Waals surface area contributed by atoms with E-state index in [1.165, 1.54) is 14.2 Å². The molecule has 2 aliphatic rings. The fourth-order valence-electron chi connectivity index (χ4n) is 4.57. The van der Waals surface area contributed by atoms with Crippen molar-refractivity contribution in [2.45, 2.75) is 0 Å².